The van der Waals surface area contributed by atoms with Gasteiger partial charge in [-0.05, 0) is 23.1 Å². The maximum atomic E-state index is 8.73. The molecule has 0 spiro atoms. The van der Waals surface area contributed by atoms with Gasteiger partial charge >= 0.3 is 39.6 Å². The zero-order valence-electron chi connectivity index (χ0n) is 8.50. The second-order valence-corrected chi connectivity index (χ2v) is 9.21. The van der Waals surface area contributed by atoms with Gasteiger partial charge in [0.25, 0.3) is 0 Å². The van der Waals surface area contributed by atoms with Gasteiger partial charge in [-0.1, -0.05) is 29.4 Å². The van der Waals surface area contributed by atoms with Crippen molar-refractivity contribution in [1.82, 2.24) is 0 Å². The molecule has 1 aromatic rings. The van der Waals surface area contributed by atoms with E-state index in [1.807, 2.05) is 24.3 Å². The SMILES string of the molecule is [Br][Mn][Br].[N-]=[N+]=NC1Cc2ccccc2C1OO. The molecule has 0 heterocycles. The fraction of sp³-hybridized carbons (Fsp3) is 0.333. The Bertz CT molecular complexity index is 415. The normalized spacial score (nSPS) is 20.9. The number of nitrogens with zero attached hydrogens (tertiary/aromatic N) is 3. The van der Waals surface area contributed by atoms with Gasteiger partial charge in [0.05, 0.1) is 6.04 Å². The topological polar surface area (TPSA) is 78.2 Å². The van der Waals surface area contributed by atoms with Crippen LogP contribution >= 0.6 is 28.2 Å². The molecule has 0 amide bonds. The zero-order valence-corrected chi connectivity index (χ0v) is 12.9. The van der Waals surface area contributed by atoms with E-state index in [0.29, 0.717) is 17.8 Å². The summed E-state index contributed by atoms with van der Waals surface area (Å²) in [4.78, 5) is 7.07. The second kappa shape index (κ2) is 8.11. The van der Waals surface area contributed by atoms with E-state index in [9.17, 15) is 0 Å². The Balaban J connectivity index is 0.000000437. The fourth-order valence-electron chi connectivity index (χ4n) is 1.83. The van der Waals surface area contributed by atoms with E-state index in [-0.39, 0.29) is 6.04 Å². The first-order valence-corrected chi connectivity index (χ1v) is 10.4. The van der Waals surface area contributed by atoms with Crippen LogP contribution in [0.5, 0.6) is 0 Å². The summed E-state index contributed by atoms with van der Waals surface area (Å²) < 4.78 is 0. The van der Waals surface area contributed by atoms with Gasteiger partial charge in [-0.2, -0.15) is 0 Å². The number of hydrogen-bond donors (Lipinski definition) is 1. The third-order valence-electron chi connectivity index (χ3n) is 2.45. The van der Waals surface area contributed by atoms with Gasteiger partial charge in [-0.15, -0.1) is 0 Å². The van der Waals surface area contributed by atoms with Crippen LogP contribution in [0, 0.1) is 0 Å². The van der Waals surface area contributed by atoms with Crippen molar-refractivity contribution in [2.75, 3.05) is 0 Å². The van der Waals surface area contributed by atoms with E-state index < -0.39 is 6.10 Å². The zero-order chi connectivity index (χ0) is 12.7. The molecule has 93 valence electrons. The van der Waals surface area contributed by atoms with Crippen molar-refractivity contribution in [2.24, 2.45) is 5.11 Å². The van der Waals surface area contributed by atoms with Gasteiger partial charge in [-0.25, -0.2) is 4.89 Å². The molecule has 2 unspecified atom stereocenters. The number of hydrogen-bond acceptors (Lipinski definition) is 3. The molecular formula is C9H9Br2MnN3O2. The summed E-state index contributed by atoms with van der Waals surface area (Å²) in [7, 11) is 0. The van der Waals surface area contributed by atoms with Gasteiger partial charge < -0.3 is 0 Å². The second-order valence-electron chi connectivity index (χ2n) is 3.26. The molecule has 0 saturated heterocycles. The predicted molar refractivity (Wildman–Crippen MR) is 67.4 cm³/mol. The van der Waals surface area contributed by atoms with Crippen molar-refractivity contribution in [3.05, 3.63) is 45.8 Å². The summed E-state index contributed by atoms with van der Waals surface area (Å²) in [6.45, 7) is 0. The third-order valence-corrected chi connectivity index (χ3v) is 2.45. The fourth-order valence-corrected chi connectivity index (χ4v) is 1.83. The van der Waals surface area contributed by atoms with E-state index in [4.69, 9.17) is 10.8 Å². The monoisotopic (exact) mass is 404 g/mol. The quantitative estimate of drug-likeness (QED) is 0.200. The first-order valence-electron chi connectivity index (χ1n) is 4.57. The first-order chi connectivity index (χ1) is 8.28. The van der Waals surface area contributed by atoms with Gasteiger partial charge in [0.1, 0.15) is 6.10 Å². The largest absolute Gasteiger partial charge is 0.251 e. The van der Waals surface area contributed by atoms with Gasteiger partial charge in [0.15, 0.2) is 0 Å². The van der Waals surface area contributed by atoms with Crippen molar-refractivity contribution in [2.45, 2.75) is 18.6 Å². The Kier molecular flexibility index (Phi) is 7.15. The van der Waals surface area contributed by atoms with E-state index in [2.05, 4.69) is 43.1 Å². The molecule has 0 saturated carbocycles. The standard InChI is InChI=1S/C9H9N3O2.2BrH.Mn/c10-12-11-8-5-6-3-1-2-4-7(6)9(8)14-13;;;/h1-4,8-9,13H,5H2;2*1H;/q;;;+2/p-2. The molecule has 1 aliphatic carbocycles. The minimum atomic E-state index is -0.526. The van der Waals surface area contributed by atoms with Crippen LogP contribution < -0.4 is 0 Å². The minimum absolute atomic E-state index is 0.345. The molecule has 1 aliphatic rings. The van der Waals surface area contributed by atoms with Crippen LogP contribution in [-0.4, -0.2) is 11.3 Å². The molecule has 0 aromatic heterocycles. The Morgan fingerprint density at radius 1 is 1.47 bits per heavy atom. The Morgan fingerprint density at radius 3 is 2.71 bits per heavy atom. The molecule has 2 rings (SSSR count). The molecule has 5 nitrogen and oxygen atoms in total. The summed E-state index contributed by atoms with van der Waals surface area (Å²) in [6, 6.07) is 7.23. The molecule has 8 heteroatoms. The summed E-state index contributed by atoms with van der Waals surface area (Å²) in [5, 5.41) is 12.3. The van der Waals surface area contributed by atoms with Crippen LogP contribution in [0.2, 0.25) is 0 Å². The molecule has 17 heavy (non-hydrogen) atoms. The van der Waals surface area contributed by atoms with Crippen molar-refractivity contribution >= 4 is 28.2 Å². The Labute approximate surface area is 119 Å². The average Bonchev–Trinajstić information content (AvgIpc) is 2.68. The summed E-state index contributed by atoms with van der Waals surface area (Å²) >= 11 is 6.88. The van der Waals surface area contributed by atoms with Crippen LogP contribution in [0.4, 0.5) is 0 Å². The number of azide groups is 1. The molecule has 2 atom stereocenters. The number of benzene rings is 1. The van der Waals surface area contributed by atoms with Crippen molar-refractivity contribution in [3.63, 3.8) is 0 Å². The average molecular weight is 406 g/mol. The van der Waals surface area contributed by atoms with E-state index in [1.165, 1.54) is 0 Å². The molecule has 1 aromatic carbocycles. The molecule has 0 fully saturated rings. The number of rotatable bonds is 2. The molecular weight excluding hydrogens is 397 g/mol. The van der Waals surface area contributed by atoms with Gasteiger partial charge in [0, 0.05) is 4.91 Å². The minimum Gasteiger partial charge on any atom is -0.251 e. The van der Waals surface area contributed by atoms with Crippen molar-refractivity contribution in [3.8, 4) is 0 Å². The van der Waals surface area contributed by atoms with E-state index in [0.717, 1.165) is 11.1 Å². The Morgan fingerprint density at radius 2 is 2.12 bits per heavy atom. The summed E-state index contributed by atoms with van der Waals surface area (Å²) in [5.74, 6) is 0. The summed E-state index contributed by atoms with van der Waals surface area (Å²) in [5.41, 5.74) is 10.3. The molecule has 0 aliphatic heterocycles. The van der Waals surface area contributed by atoms with Crippen molar-refractivity contribution in [1.29, 1.82) is 0 Å². The molecule has 0 radical (unpaired) electrons. The molecule has 1 N–H and O–H groups in total. The van der Waals surface area contributed by atoms with Crippen LogP contribution in [0.1, 0.15) is 17.2 Å². The van der Waals surface area contributed by atoms with Gasteiger partial charge in [0.2, 0.25) is 0 Å². The number of halogens is 2. The number of fused-ring (bicyclic) bond motifs is 1. The van der Waals surface area contributed by atoms with Crippen molar-refractivity contribution < 1.29 is 21.5 Å². The van der Waals surface area contributed by atoms with E-state index in [1.54, 1.807) is 0 Å². The van der Waals surface area contributed by atoms with Gasteiger partial charge in [-0.3, -0.25) is 5.26 Å². The third kappa shape index (κ3) is 3.96. The van der Waals surface area contributed by atoms with Crippen LogP contribution in [0.25, 0.3) is 10.4 Å². The predicted octanol–water partition coefficient (Wildman–Crippen LogP) is 4.14. The Hall–Kier alpha value is -0.0705. The maximum Gasteiger partial charge on any atom is 0.127 e. The molecule has 0 bridgehead atoms. The maximum absolute atomic E-state index is 8.73. The van der Waals surface area contributed by atoms with E-state index >= 15 is 0 Å². The van der Waals surface area contributed by atoms with Crippen LogP contribution in [-0.2, 0) is 22.6 Å². The van der Waals surface area contributed by atoms with Crippen LogP contribution in [0.3, 0.4) is 0 Å². The first kappa shape index (κ1) is 15.0. The van der Waals surface area contributed by atoms with Crippen LogP contribution in [0.15, 0.2) is 29.4 Å². The summed E-state index contributed by atoms with van der Waals surface area (Å²) in [6.07, 6.45) is 0.0907. The smallest absolute Gasteiger partial charge is 0.127 e.